The fourth-order valence-electron chi connectivity index (χ4n) is 1.82. The Morgan fingerprint density at radius 1 is 1.17 bits per heavy atom. The largest absolute Gasteiger partial charge is 0.397 e. The van der Waals surface area contributed by atoms with Gasteiger partial charge in [-0.15, -0.1) is 0 Å². The van der Waals surface area contributed by atoms with Gasteiger partial charge in [0, 0.05) is 0 Å². The number of amides is 2. The van der Waals surface area contributed by atoms with Gasteiger partial charge in [-0.2, -0.15) is 5.21 Å². The minimum absolute atomic E-state index is 0.0842. The van der Waals surface area contributed by atoms with Crippen LogP contribution in [0.3, 0.4) is 0 Å². The lowest BCUT2D eigenvalue weighted by molar-refractivity contribution is -1.12. The molecule has 0 spiro atoms. The second-order valence-corrected chi connectivity index (χ2v) is 4.49. The summed E-state index contributed by atoms with van der Waals surface area (Å²) in [5.74, 6) is -2.27. The molecule has 0 aromatic rings. The van der Waals surface area contributed by atoms with Gasteiger partial charge in [-0.3, -0.25) is 0 Å². The van der Waals surface area contributed by atoms with Crippen LogP contribution in [-0.2, 0) is 19.2 Å². The zero-order valence-corrected chi connectivity index (χ0v) is 10.7. The topological polar surface area (TPSA) is 80.7 Å². The fraction of sp³-hybridized carbons (Fsp3) is 0.750. The minimum atomic E-state index is -1.80. The molecule has 0 aliphatic carbocycles. The number of carbonyl (C=O) groups excluding carboxylic acids is 3. The van der Waals surface area contributed by atoms with Gasteiger partial charge in [0.15, 0.2) is 0 Å². The molecule has 1 saturated heterocycles. The molecule has 1 rings (SSSR count). The third-order valence-corrected chi connectivity index (χ3v) is 2.95. The maximum absolute atomic E-state index is 11.4. The molecule has 6 nitrogen and oxygen atoms in total. The van der Waals surface area contributed by atoms with Gasteiger partial charge in [0.25, 0.3) is 0 Å². The Hall–Kier alpha value is -1.27. The Balaban J connectivity index is 2.31. The molecule has 0 atom stereocenters. The van der Waals surface area contributed by atoms with E-state index in [1.54, 1.807) is 0 Å². The van der Waals surface area contributed by atoms with Crippen LogP contribution in [0.1, 0.15) is 58.3 Å². The highest BCUT2D eigenvalue weighted by Crippen LogP contribution is 2.21. The molecule has 1 aliphatic heterocycles. The van der Waals surface area contributed by atoms with Crippen LogP contribution in [-0.4, -0.2) is 27.8 Å². The van der Waals surface area contributed by atoms with Crippen molar-refractivity contribution >= 4 is 17.8 Å². The molecular formula is C12H20NO5+. The maximum atomic E-state index is 11.4. The number of hydroxylamine groups is 4. The molecule has 0 unspecified atom stereocenters. The van der Waals surface area contributed by atoms with Crippen LogP contribution in [0.5, 0.6) is 0 Å². The van der Waals surface area contributed by atoms with Gasteiger partial charge in [0.2, 0.25) is 0 Å². The van der Waals surface area contributed by atoms with Crippen molar-refractivity contribution in [2.75, 3.05) is 0 Å². The molecule has 0 aromatic heterocycles. The molecule has 102 valence electrons. The van der Waals surface area contributed by atoms with Crippen molar-refractivity contribution in [2.24, 2.45) is 0 Å². The number of hydrogen-bond donors (Lipinski definition) is 1. The van der Waals surface area contributed by atoms with Crippen LogP contribution in [0.15, 0.2) is 0 Å². The van der Waals surface area contributed by atoms with Crippen LogP contribution in [0.2, 0.25) is 0 Å². The van der Waals surface area contributed by atoms with Crippen molar-refractivity contribution < 1.29 is 29.2 Å². The third-order valence-electron chi connectivity index (χ3n) is 2.95. The summed E-state index contributed by atoms with van der Waals surface area (Å²) in [6, 6.07) is 0. The van der Waals surface area contributed by atoms with Crippen molar-refractivity contribution in [2.45, 2.75) is 58.3 Å². The Morgan fingerprint density at radius 3 is 2.28 bits per heavy atom. The van der Waals surface area contributed by atoms with Crippen molar-refractivity contribution in [1.29, 1.82) is 0 Å². The van der Waals surface area contributed by atoms with Gasteiger partial charge < -0.3 is 0 Å². The molecule has 1 heterocycles. The van der Waals surface area contributed by atoms with E-state index in [1.165, 1.54) is 0 Å². The van der Waals surface area contributed by atoms with Crippen LogP contribution in [0.25, 0.3) is 0 Å². The summed E-state index contributed by atoms with van der Waals surface area (Å²) >= 11 is 0. The summed E-state index contributed by atoms with van der Waals surface area (Å²) in [7, 11) is 0. The molecule has 1 fully saturated rings. The van der Waals surface area contributed by atoms with E-state index >= 15 is 0 Å². The predicted molar refractivity (Wildman–Crippen MR) is 60.8 cm³/mol. The summed E-state index contributed by atoms with van der Waals surface area (Å²) < 4.78 is 0. The quantitative estimate of drug-likeness (QED) is 0.326. The van der Waals surface area contributed by atoms with Crippen LogP contribution >= 0.6 is 0 Å². The number of imide groups is 1. The summed E-state index contributed by atoms with van der Waals surface area (Å²) in [4.78, 5) is 36.8. The maximum Gasteiger partial charge on any atom is 0.397 e. The van der Waals surface area contributed by atoms with Gasteiger partial charge in [-0.1, -0.05) is 32.6 Å². The summed E-state index contributed by atoms with van der Waals surface area (Å²) in [6.07, 6.45) is 4.76. The van der Waals surface area contributed by atoms with Gasteiger partial charge >= 0.3 is 17.8 Å². The first-order chi connectivity index (χ1) is 8.50. The molecule has 0 saturated carbocycles. The van der Waals surface area contributed by atoms with E-state index in [9.17, 15) is 19.6 Å². The number of unbranched alkanes of at least 4 members (excludes halogenated alkanes) is 4. The molecule has 0 radical (unpaired) electrons. The van der Waals surface area contributed by atoms with Crippen LogP contribution in [0.4, 0.5) is 0 Å². The van der Waals surface area contributed by atoms with Gasteiger partial charge in [-0.05, 0) is 6.42 Å². The SMILES string of the molecule is CCCCCCCC(=O)O[N+]1(O)C(=O)CCC1=O. The molecule has 0 bridgehead atoms. The van der Waals surface area contributed by atoms with E-state index in [-0.39, 0.29) is 19.3 Å². The highest BCUT2D eigenvalue weighted by atomic mass is 17.0. The number of quaternary nitrogens is 1. The highest BCUT2D eigenvalue weighted by molar-refractivity contribution is 5.91. The van der Waals surface area contributed by atoms with Gasteiger partial charge in [-0.25, -0.2) is 19.2 Å². The van der Waals surface area contributed by atoms with Crippen molar-refractivity contribution in [1.82, 2.24) is 0 Å². The number of hydrogen-bond acceptors (Lipinski definition) is 5. The molecular weight excluding hydrogens is 238 g/mol. The van der Waals surface area contributed by atoms with Crippen molar-refractivity contribution in [3.8, 4) is 0 Å². The Morgan fingerprint density at radius 2 is 1.72 bits per heavy atom. The van der Waals surface area contributed by atoms with Crippen molar-refractivity contribution in [3.63, 3.8) is 0 Å². The lowest BCUT2D eigenvalue weighted by Gasteiger charge is -2.15. The first-order valence-electron chi connectivity index (χ1n) is 6.41. The normalized spacial score (nSPS) is 18.1. The lowest BCUT2D eigenvalue weighted by Crippen LogP contribution is -2.50. The zero-order chi connectivity index (χ0) is 13.6. The average molecular weight is 258 g/mol. The third kappa shape index (κ3) is 3.61. The Bertz CT molecular complexity index is 323. The fourth-order valence-corrected chi connectivity index (χ4v) is 1.82. The number of nitrogens with zero attached hydrogens (tertiary/aromatic N) is 1. The van der Waals surface area contributed by atoms with E-state index in [1.807, 2.05) is 0 Å². The second-order valence-electron chi connectivity index (χ2n) is 4.49. The number of carbonyl (C=O) groups is 3. The molecule has 2 amide bonds. The molecule has 0 aromatic carbocycles. The monoisotopic (exact) mass is 258 g/mol. The zero-order valence-electron chi connectivity index (χ0n) is 10.7. The molecule has 1 aliphatic rings. The van der Waals surface area contributed by atoms with E-state index in [4.69, 9.17) is 0 Å². The average Bonchev–Trinajstić information content (AvgIpc) is 2.57. The standard InChI is InChI=1S/C12H20NO5/c1-2-3-4-5-6-7-12(16)18-13(17)10(14)8-9-11(13)15/h17H,2-9H2,1H3/q+1. The second kappa shape index (κ2) is 6.61. The van der Waals surface area contributed by atoms with Crippen LogP contribution < -0.4 is 0 Å². The highest BCUT2D eigenvalue weighted by Gasteiger charge is 2.55. The Labute approximate surface area is 106 Å². The predicted octanol–water partition coefficient (Wildman–Crippen LogP) is 1.86. The van der Waals surface area contributed by atoms with E-state index in [0.717, 1.165) is 25.7 Å². The molecule has 18 heavy (non-hydrogen) atoms. The minimum Gasteiger partial charge on any atom is -0.245 e. The first-order valence-corrected chi connectivity index (χ1v) is 6.41. The van der Waals surface area contributed by atoms with E-state index in [2.05, 4.69) is 11.8 Å². The molecule has 6 heteroatoms. The van der Waals surface area contributed by atoms with Crippen LogP contribution in [0, 0.1) is 0 Å². The summed E-state index contributed by atoms with van der Waals surface area (Å²) in [6.45, 7) is 2.10. The molecule has 1 N–H and O–H groups in total. The van der Waals surface area contributed by atoms with E-state index < -0.39 is 22.6 Å². The van der Waals surface area contributed by atoms with Gasteiger partial charge in [0.05, 0.1) is 19.3 Å². The first kappa shape index (κ1) is 14.8. The van der Waals surface area contributed by atoms with Crippen molar-refractivity contribution in [3.05, 3.63) is 0 Å². The summed E-state index contributed by atoms with van der Waals surface area (Å²) in [5, 5.41) is 9.63. The Kier molecular flexibility index (Phi) is 5.43. The lowest BCUT2D eigenvalue weighted by atomic mass is 10.1. The number of rotatable bonds is 7. The van der Waals surface area contributed by atoms with E-state index in [0.29, 0.717) is 6.42 Å². The summed E-state index contributed by atoms with van der Waals surface area (Å²) in [5.41, 5.74) is 0. The van der Waals surface area contributed by atoms with Gasteiger partial charge in [0.1, 0.15) is 4.81 Å². The smallest absolute Gasteiger partial charge is 0.245 e.